The van der Waals surface area contributed by atoms with E-state index < -0.39 is 6.10 Å². The fourth-order valence-electron chi connectivity index (χ4n) is 2.21. The van der Waals surface area contributed by atoms with Gasteiger partial charge < -0.3 is 24.9 Å². The number of guanidine groups is 1. The normalized spacial score (nSPS) is 12.7. The fraction of sp³-hybridized carbons (Fsp3) is 0.389. The van der Waals surface area contributed by atoms with Crippen molar-refractivity contribution in [3.05, 3.63) is 54.0 Å². The maximum absolute atomic E-state index is 10.3. The van der Waals surface area contributed by atoms with Gasteiger partial charge in [0.15, 0.2) is 5.96 Å². The molecule has 0 saturated heterocycles. The van der Waals surface area contributed by atoms with Crippen molar-refractivity contribution in [1.82, 2.24) is 10.6 Å². The molecule has 0 bridgehead atoms. The largest absolute Gasteiger partial charge is 0.497 e. The van der Waals surface area contributed by atoms with E-state index in [9.17, 15) is 5.11 Å². The summed E-state index contributed by atoms with van der Waals surface area (Å²) in [5.41, 5.74) is 0.811. The molecule has 0 aliphatic heterocycles. The number of rotatable bonds is 8. The SMILES string of the molecule is CCNC(=NCC(O)c1ccc(OC)cc1)NCCc1ccco1. The van der Waals surface area contributed by atoms with E-state index in [1.165, 1.54) is 0 Å². The molecule has 0 aliphatic rings. The van der Waals surface area contributed by atoms with Crippen LogP contribution in [-0.4, -0.2) is 37.8 Å². The number of furan rings is 1. The van der Waals surface area contributed by atoms with Crippen molar-refractivity contribution >= 4 is 5.96 Å². The fourth-order valence-corrected chi connectivity index (χ4v) is 2.21. The first-order valence-corrected chi connectivity index (χ1v) is 8.09. The van der Waals surface area contributed by atoms with Gasteiger partial charge in [0.25, 0.3) is 0 Å². The minimum atomic E-state index is -0.656. The number of aliphatic hydroxyl groups is 1. The summed E-state index contributed by atoms with van der Waals surface area (Å²) in [4.78, 5) is 4.43. The molecule has 0 radical (unpaired) electrons. The van der Waals surface area contributed by atoms with Gasteiger partial charge in [-0.15, -0.1) is 0 Å². The van der Waals surface area contributed by atoms with Crippen LogP contribution in [0.15, 0.2) is 52.1 Å². The lowest BCUT2D eigenvalue weighted by molar-refractivity contribution is 0.187. The summed E-state index contributed by atoms with van der Waals surface area (Å²) in [6.07, 6.45) is 1.79. The lowest BCUT2D eigenvalue weighted by Crippen LogP contribution is -2.38. The number of ether oxygens (including phenoxy) is 1. The molecule has 2 rings (SSSR count). The van der Waals surface area contributed by atoms with E-state index in [-0.39, 0.29) is 6.54 Å². The van der Waals surface area contributed by atoms with Crippen LogP contribution in [0.5, 0.6) is 5.75 Å². The van der Waals surface area contributed by atoms with Gasteiger partial charge in [-0.25, -0.2) is 0 Å². The highest BCUT2D eigenvalue weighted by Crippen LogP contribution is 2.17. The van der Waals surface area contributed by atoms with Gasteiger partial charge in [-0.2, -0.15) is 0 Å². The van der Waals surface area contributed by atoms with E-state index in [2.05, 4.69) is 15.6 Å². The number of hydrogen-bond acceptors (Lipinski definition) is 4. The molecule has 0 fully saturated rings. The molecule has 1 aromatic carbocycles. The summed E-state index contributed by atoms with van der Waals surface area (Å²) in [7, 11) is 1.62. The Morgan fingerprint density at radius 1 is 1.25 bits per heavy atom. The minimum Gasteiger partial charge on any atom is -0.497 e. The van der Waals surface area contributed by atoms with E-state index in [1.54, 1.807) is 13.4 Å². The molecule has 1 heterocycles. The average Bonchev–Trinajstić information content (AvgIpc) is 3.13. The molecule has 2 aromatic rings. The third kappa shape index (κ3) is 5.62. The Morgan fingerprint density at radius 3 is 2.67 bits per heavy atom. The van der Waals surface area contributed by atoms with Crippen LogP contribution in [0.25, 0.3) is 0 Å². The van der Waals surface area contributed by atoms with E-state index in [0.717, 1.165) is 30.0 Å². The Hall–Kier alpha value is -2.47. The molecular formula is C18H25N3O3. The first-order chi connectivity index (χ1) is 11.7. The molecule has 0 amide bonds. The molecular weight excluding hydrogens is 306 g/mol. The monoisotopic (exact) mass is 331 g/mol. The first kappa shape index (κ1) is 17.9. The second kappa shape index (κ2) is 9.62. The van der Waals surface area contributed by atoms with Gasteiger partial charge in [0.1, 0.15) is 11.5 Å². The van der Waals surface area contributed by atoms with E-state index >= 15 is 0 Å². The van der Waals surface area contributed by atoms with Crippen LogP contribution < -0.4 is 15.4 Å². The number of nitrogens with one attached hydrogen (secondary N) is 2. The Balaban J connectivity index is 1.86. The Kier molecular flexibility index (Phi) is 7.17. The molecule has 1 unspecified atom stereocenters. The zero-order valence-corrected chi connectivity index (χ0v) is 14.2. The van der Waals surface area contributed by atoms with Gasteiger partial charge in [0, 0.05) is 19.5 Å². The minimum absolute atomic E-state index is 0.280. The van der Waals surface area contributed by atoms with Crippen LogP contribution in [0.1, 0.15) is 24.4 Å². The quantitative estimate of drug-likeness (QED) is 0.510. The number of nitrogens with zero attached hydrogens (tertiary/aromatic N) is 1. The van der Waals surface area contributed by atoms with Gasteiger partial charge in [-0.1, -0.05) is 12.1 Å². The maximum atomic E-state index is 10.3. The van der Waals surface area contributed by atoms with Crippen LogP contribution in [0.3, 0.4) is 0 Å². The van der Waals surface area contributed by atoms with Crippen molar-refractivity contribution in [1.29, 1.82) is 0 Å². The topological polar surface area (TPSA) is 79.0 Å². The van der Waals surface area contributed by atoms with Crippen molar-refractivity contribution in [3.63, 3.8) is 0 Å². The third-order valence-electron chi connectivity index (χ3n) is 3.51. The van der Waals surface area contributed by atoms with E-state index in [1.807, 2.05) is 43.3 Å². The second-order valence-electron chi connectivity index (χ2n) is 5.26. The van der Waals surface area contributed by atoms with Gasteiger partial charge in [0.2, 0.25) is 0 Å². The predicted octanol–water partition coefficient (Wildman–Crippen LogP) is 2.12. The Morgan fingerprint density at radius 2 is 2.04 bits per heavy atom. The predicted molar refractivity (Wildman–Crippen MR) is 94.3 cm³/mol. The van der Waals surface area contributed by atoms with Gasteiger partial charge in [0.05, 0.1) is 26.0 Å². The summed E-state index contributed by atoms with van der Waals surface area (Å²) in [5.74, 6) is 2.37. The number of aliphatic hydroxyl groups excluding tert-OH is 1. The molecule has 0 aliphatic carbocycles. The summed E-state index contributed by atoms with van der Waals surface area (Å²) >= 11 is 0. The standard InChI is InChI=1S/C18H25N3O3/c1-3-19-18(20-11-10-16-5-4-12-24-16)21-13-17(22)14-6-8-15(23-2)9-7-14/h4-9,12,17,22H,3,10-11,13H2,1-2H3,(H2,19,20,21). The van der Waals surface area contributed by atoms with Crippen LogP contribution in [0, 0.1) is 0 Å². The van der Waals surface area contributed by atoms with Crippen LogP contribution in [0.4, 0.5) is 0 Å². The van der Waals surface area contributed by atoms with Gasteiger partial charge in [-0.3, -0.25) is 4.99 Å². The maximum Gasteiger partial charge on any atom is 0.191 e. The summed E-state index contributed by atoms with van der Waals surface area (Å²) < 4.78 is 10.4. The molecule has 1 aromatic heterocycles. The molecule has 3 N–H and O–H groups in total. The first-order valence-electron chi connectivity index (χ1n) is 8.09. The number of benzene rings is 1. The Labute approximate surface area is 142 Å². The molecule has 130 valence electrons. The molecule has 1 atom stereocenters. The molecule has 6 heteroatoms. The third-order valence-corrected chi connectivity index (χ3v) is 3.51. The molecule has 0 spiro atoms. The second-order valence-corrected chi connectivity index (χ2v) is 5.26. The highest BCUT2D eigenvalue weighted by Gasteiger charge is 2.08. The van der Waals surface area contributed by atoms with Gasteiger partial charge >= 0.3 is 0 Å². The summed E-state index contributed by atoms with van der Waals surface area (Å²) in [6, 6.07) is 11.2. The number of methoxy groups -OCH3 is 1. The van der Waals surface area contributed by atoms with Crippen LogP contribution in [-0.2, 0) is 6.42 Å². The smallest absolute Gasteiger partial charge is 0.191 e. The van der Waals surface area contributed by atoms with Crippen molar-refractivity contribution in [3.8, 4) is 5.75 Å². The lowest BCUT2D eigenvalue weighted by Gasteiger charge is -2.13. The molecule has 24 heavy (non-hydrogen) atoms. The average molecular weight is 331 g/mol. The van der Waals surface area contributed by atoms with Crippen molar-refractivity contribution in [2.24, 2.45) is 4.99 Å². The Bertz CT molecular complexity index is 609. The molecule has 0 saturated carbocycles. The van der Waals surface area contributed by atoms with Crippen LogP contribution >= 0.6 is 0 Å². The zero-order valence-electron chi connectivity index (χ0n) is 14.2. The summed E-state index contributed by atoms with van der Waals surface area (Å²) in [6.45, 7) is 3.75. The van der Waals surface area contributed by atoms with Crippen molar-refractivity contribution < 1.29 is 14.3 Å². The van der Waals surface area contributed by atoms with E-state index in [4.69, 9.17) is 9.15 Å². The van der Waals surface area contributed by atoms with Crippen LogP contribution in [0.2, 0.25) is 0 Å². The van der Waals surface area contributed by atoms with Crippen molar-refractivity contribution in [2.75, 3.05) is 26.7 Å². The van der Waals surface area contributed by atoms with Gasteiger partial charge in [-0.05, 0) is 36.8 Å². The highest BCUT2D eigenvalue weighted by molar-refractivity contribution is 5.79. The van der Waals surface area contributed by atoms with Crippen molar-refractivity contribution in [2.45, 2.75) is 19.4 Å². The number of hydrogen-bond donors (Lipinski definition) is 3. The zero-order chi connectivity index (χ0) is 17.2. The lowest BCUT2D eigenvalue weighted by atomic mass is 10.1. The summed E-state index contributed by atoms with van der Waals surface area (Å²) in [5, 5.41) is 16.7. The highest BCUT2D eigenvalue weighted by atomic mass is 16.5. The molecule has 6 nitrogen and oxygen atoms in total. The number of aliphatic imine (C=N–C) groups is 1. The van der Waals surface area contributed by atoms with E-state index in [0.29, 0.717) is 12.5 Å².